The highest BCUT2D eigenvalue weighted by Crippen LogP contribution is 2.14. The quantitative estimate of drug-likeness (QED) is 0.720. The molecule has 0 unspecified atom stereocenters. The molecule has 2 aromatic rings. The first-order chi connectivity index (χ1) is 6.75. The van der Waals surface area contributed by atoms with Crippen molar-refractivity contribution in [1.29, 1.82) is 0 Å². The minimum atomic E-state index is 0.692. The maximum atomic E-state index is 4.19. The predicted molar refractivity (Wildman–Crippen MR) is 58.1 cm³/mol. The number of aromatic nitrogens is 2. The van der Waals surface area contributed by atoms with Crippen molar-refractivity contribution in [2.24, 2.45) is 5.92 Å². The Hall–Kier alpha value is -1.44. The molecule has 0 radical (unpaired) electrons. The first-order valence-electron chi connectivity index (χ1n) is 4.94. The molecule has 2 heteroatoms. The summed E-state index contributed by atoms with van der Waals surface area (Å²) in [5.41, 5.74) is 2.38. The van der Waals surface area contributed by atoms with Crippen LogP contribution in [0.4, 0.5) is 0 Å². The summed E-state index contributed by atoms with van der Waals surface area (Å²) >= 11 is 0. The van der Waals surface area contributed by atoms with Gasteiger partial charge in [-0.15, -0.1) is 0 Å². The monoisotopic (exact) mass is 186 g/mol. The molecule has 0 aliphatic carbocycles. The topological polar surface area (TPSA) is 25.8 Å². The highest BCUT2D eigenvalue weighted by atomic mass is 14.8. The molecule has 1 aromatic carbocycles. The van der Waals surface area contributed by atoms with Crippen LogP contribution in [0.25, 0.3) is 10.9 Å². The second kappa shape index (κ2) is 3.74. The van der Waals surface area contributed by atoms with Gasteiger partial charge in [-0.1, -0.05) is 19.9 Å². The minimum absolute atomic E-state index is 0.692. The van der Waals surface area contributed by atoms with E-state index in [9.17, 15) is 0 Å². The van der Waals surface area contributed by atoms with Crippen molar-refractivity contribution in [1.82, 2.24) is 9.97 Å². The SMILES string of the molecule is CC(C)Cc1ccc2ncncc2c1. The molecule has 0 aliphatic heterocycles. The van der Waals surface area contributed by atoms with E-state index in [1.807, 2.05) is 6.20 Å². The fourth-order valence-electron chi connectivity index (χ4n) is 1.63. The molecule has 1 aromatic heterocycles. The van der Waals surface area contributed by atoms with Gasteiger partial charge in [0.05, 0.1) is 5.52 Å². The van der Waals surface area contributed by atoms with Gasteiger partial charge in [-0.05, 0) is 30.0 Å². The van der Waals surface area contributed by atoms with Crippen LogP contribution in [0, 0.1) is 5.92 Å². The average Bonchev–Trinajstić information content (AvgIpc) is 2.17. The van der Waals surface area contributed by atoms with Crippen LogP contribution in [0.3, 0.4) is 0 Å². The molecule has 2 rings (SSSR count). The van der Waals surface area contributed by atoms with Crippen LogP contribution in [-0.4, -0.2) is 9.97 Å². The van der Waals surface area contributed by atoms with E-state index in [0.717, 1.165) is 17.3 Å². The standard InChI is InChI=1S/C12H14N2/c1-9(2)5-10-3-4-12-11(6-10)7-13-8-14-12/h3-4,6-9H,5H2,1-2H3. The zero-order valence-electron chi connectivity index (χ0n) is 8.57. The van der Waals surface area contributed by atoms with E-state index in [4.69, 9.17) is 0 Å². The van der Waals surface area contributed by atoms with Crippen molar-refractivity contribution >= 4 is 10.9 Å². The van der Waals surface area contributed by atoms with Gasteiger partial charge in [-0.3, -0.25) is 0 Å². The summed E-state index contributed by atoms with van der Waals surface area (Å²) in [4.78, 5) is 8.21. The number of hydrogen-bond donors (Lipinski definition) is 0. The summed E-state index contributed by atoms with van der Waals surface area (Å²) in [7, 11) is 0. The molecule has 72 valence electrons. The van der Waals surface area contributed by atoms with Crippen molar-refractivity contribution in [3.63, 3.8) is 0 Å². The summed E-state index contributed by atoms with van der Waals surface area (Å²) in [5, 5.41) is 1.13. The van der Waals surface area contributed by atoms with Gasteiger partial charge < -0.3 is 0 Å². The van der Waals surface area contributed by atoms with E-state index in [0.29, 0.717) is 5.92 Å². The molecular weight excluding hydrogens is 172 g/mol. The lowest BCUT2D eigenvalue weighted by Crippen LogP contribution is -1.94. The molecule has 0 aliphatic rings. The Bertz CT molecular complexity index is 435. The van der Waals surface area contributed by atoms with Gasteiger partial charge in [-0.25, -0.2) is 9.97 Å². The van der Waals surface area contributed by atoms with Gasteiger partial charge in [-0.2, -0.15) is 0 Å². The zero-order chi connectivity index (χ0) is 9.97. The molecule has 0 fully saturated rings. The molecular formula is C12H14N2. The molecule has 0 saturated carbocycles. The lowest BCUT2D eigenvalue weighted by Gasteiger charge is -2.05. The van der Waals surface area contributed by atoms with Crippen LogP contribution in [0.1, 0.15) is 19.4 Å². The van der Waals surface area contributed by atoms with Gasteiger partial charge in [0, 0.05) is 11.6 Å². The van der Waals surface area contributed by atoms with Crippen molar-refractivity contribution < 1.29 is 0 Å². The van der Waals surface area contributed by atoms with E-state index < -0.39 is 0 Å². The van der Waals surface area contributed by atoms with Crippen molar-refractivity contribution in [3.8, 4) is 0 Å². The van der Waals surface area contributed by atoms with E-state index >= 15 is 0 Å². The largest absolute Gasteiger partial charge is 0.244 e. The van der Waals surface area contributed by atoms with E-state index in [1.54, 1.807) is 6.33 Å². The third-order valence-electron chi connectivity index (χ3n) is 2.21. The molecule has 0 N–H and O–H groups in total. The Balaban J connectivity index is 2.41. The van der Waals surface area contributed by atoms with Gasteiger partial charge >= 0.3 is 0 Å². The van der Waals surface area contributed by atoms with Gasteiger partial charge in [0.1, 0.15) is 6.33 Å². The maximum Gasteiger partial charge on any atom is 0.116 e. The summed E-state index contributed by atoms with van der Waals surface area (Å²) in [6.45, 7) is 4.46. The summed E-state index contributed by atoms with van der Waals surface area (Å²) in [6, 6.07) is 6.39. The first kappa shape index (κ1) is 9.13. The molecule has 2 nitrogen and oxygen atoms in total. The number of nitrogens with zero attached hydrogens (tertiary/aromatic N) is 2. The van der Waals surface area contributed by atoms with Crippen LogP contribution < -0.4 is 0 Å². The van der Waals surface area contributed by atoms with E-state index in [2.05, 4.69) is 42.0 Å². The minimum Gasteiger partial charge on any atom is -0.244 e. The number of benzene rings is 1. The lowest BCUT2D eigenvalue weighted by atomic mass is 10.0. The molecule has 0 bridgehead atoms. The number of rotatable bonds is 2. The molecule has 1 heterocycles. The summed E-state index contributed by atoms with van der Waals surface area (Å²) in [6.07, 6.45) is 4.57. The third-order valence-corrected chi connectivity index (χ3v) is 2.21. The third kappa shape index (κ3) is 1.90. The van der Waals surface area contributed by atoms with E-state index in [-0.39, 0.29) is 0 Å². The Morgan fingerprint density at radius 2 is 2.14 bits per heavy atom. The van der Waals surface area contributed by atoms with Crippen LogP contribution in [-0.2, 0) is 6.42 Å². The maximum absolute atomic E-state index is 4.19. The van der Waals surface area contributed by atoms with Gasteiger partial charge in [0.25, 0.3) is 0 Å². The second-order valence-corrected chi connectivity index (χ2v) is 4.01. The zero-order valence-corrected chi connectivity index (χ0v) is 8.57. The van der Waals surface area contributed by atoms with Crippen molar-refractivity contribution in [2.75, 3.05) is 0 Å². The number of fused-ring (bicyclic) bond motifs is 1. The Labute approximate surface area is 84.0 Å². The molecule has 0 spiro atoms. The van der Waals surface area contributed by atoms with Gasteiger partial charge in [0.2, 0.25) is 0 Å². The van der Waals surface area contributed by atoms with Crippen LogP contribution in [0.5, 0.6) is 0 Å². The highest BCUT2D eigenvalue weighted by molar-refractivity contribution is 5.77. The van der Waals surface area contributed by atoms with Crippen LogP contribution in [0.15, 0.2) is 30.7 Å². The molecule has 0 saturated heterocycles. The van der Waals surface area contributed by atoms with Gasteiger partial charge in [0.15, 0.2) is 0 Å². The highest BCUT2D eigenvalue weighted by Gasteiger charge is 1.99. The predicted octanol–water partition coefficient (Wildman–Crippen LogP) is 2.83. The van der Waals surface area contributed by atoms with E-state index in [1.165, 1.54) is 5.56 Å². The Morgan fingerprint density at radius 1 is 1.29 bits per heavy atom. The van der Waals surface area contributed by atoms with Crippen LogP contribution >= 0.6 is 0 Å². The smallest absolute Gasteiger partial charge is 0.116 e. The summed E-state index contributed by atoms with van der Waals surface area (Å²) < 4.78 is 0. The van der Waals surface area contributed by atoms with Crippen molar-refractivity contribution in [2.45, 2.75) is 20.3 Å². The fraction of sp³-hybridized carbons (Fsp3) is 0.333. The molecule has 0 amide bonds. The summed E-state index contributed by atoms with van der Waals surface area (Å²) in [5.74, 6) is 0.692. The second-order valence-electron chi connectivity index (χ2n) is 4.01. The lowest BCUT2D eigenvalue weighted by molar-refractivity contribution is 0.648. The Kier molecular flexibility index (Phi) is 2.44. The molecule has 14 heavy (non-hydrogen) atoms. The Morgan fingerprint density at radius 3 is 2.93 bits per heavy atom. The molecule has 0 atom stereocenters. The van der Waals surface area contributed by atoms with Crippen molar-refractivity contribution in [3.05, 3.63) is 36.3 Å². The fourth-order valence-corrected chi connectivity index (χ4v) is 1.63. The average molecular weight is 186 g/mol. The number of hydrogen-bond acceptors (Lipinski definition) is 2. The van der Waals surface area contributed by atoms with Crippen LogP contribution in [0.2, 0.25) is 0 Å². The normalized spacial score (nSPS) is 11.1. The first-order valence-corrected chi connectivity index (χ1v) is 4.94.